The molecule has 1 N–H and O–H groups in total. The summed E-state index contributed by atoms with van der Waals surface area (Å²) >= 11 is 11.9. The van der Waals surface area contributed by atoms with Crippen LogP contribution in [0.2, 0.25) is 10.0 Å². The van der Waals surface area contributed by atoms with E-state index in [1.54, 1.807) is 0 Å². The molecule has 10 heteroatoms. The maximum absolute atomic E-state index is 11.6. The van der Waals surface area contributed by atoms with E-state index in [0.29, 0.717) is 0 Å². The van der Waals surface area contributed by atoms with Crippen molar-refractivity contribution in [3.63, 3.8) is 0 Å². The molecule has 1 aromatic heterocycles. The van der Waals surface area contributed by atoms with Gasteiger partial charge in [0.2, 0.25) is 11.6 Å². The van der Waals surface area contributed by atoms with Gasteiger partial charge in [0, 0.05) is 25.4 Å². The highest BCUT2D eigenvalue weighted by atomic mass is 35.5. The van der Waals surface area contributed by atoms with Gasteiger partial charge in [-0.05, 0) is 19.1 Å². The number of pyridine rings is 1. The van der Waals surface area contributed by atoms with Gasteiger partial charge in [0.1, 0.15) is 10.8 Å². The van der Waals surface area contributed by atoms with Crippen molar-refractivity contribution in [1.29, 1.82) is 0 Å². The van der Waals surface area contributed by atoms with Crippen LogP contribution in [0.1, 0.15) is 6.92 Å². The minimum atomic E-state index is -0.938. The van der Waals surface area contributed by atoms with Crippen LogP contribution in [0, 0.1) is 10.1 Å². The molecule has 0 bridgehead atoms. The minimum Gasteiger partial charge on any atom is -0.474 e. The summed E-state index contributed by atoms with van der Waals surface area (Å²) in [6, 6.07) is 5.32. The van der Waals surface area contributed by atoms with Crippen LogP contribution < -0.4 is 14.8 Å². The zero-order valence-electron chi connectivity index (χ0n) is 13.2. The summed E-state index contributed by atoms with van der Waals surface area (Å²) in [6.45, 7) is 1.46. The van der Waals surface area contributed by atoms with Crippen LogP contribution in [0.5, 0.6) is 17.4 Å². The molecular formula is C15H13Cl2N3O5. The normalized spacial score (nSPS) is 11.5. The van der Waals surface area contributed by atoms with Gasteiger partial charge in [-0.15, -0.1) is 0 Å². The zero-order chi connectivity index (χ0) is 18.6. The predicted octanol–water partition coefficient (Wildman–Crippen LogP) is 3.60. The molecule has 1 atom stereocenters. The number of amides is 1. The third-order valence-corrected chi connectivity index (χ3v) is 3.85. The zero-order valence-corrected chi connectivity index (χ0v) is 14.7. The Balaban J connectivity index is 2.34. The van der Waals surface area contributed by atoms with Gasteiger partial charge >= 0.3 is 5.69 Å². The third kappa shape index (κ3) is 4.49. The van der Waals surface area contributed by atoms with Crippen molar-refractivity contribution in [1.82, 2.24) is 10.3 Å². The van der Waals surface area contributed by atoms with Crippen molar-refractivity contribution in [2.24, 2.45) is 0 Å². The molecule has 1 heterocycles. The quantitative estimate of drug-likeness (QED) is 0.601. The number of hydrogen-bond acceptors (Lipinski definition) is 6. The molecule has 1 unspecified atom stereocenters. The van der Waals surface area contributed by atoms with Crippen LogP contribution in [0.3, 0.4) is 0 Å². The molecule has 2 aromatic rings. The first-order chi connectivity index (χ1) is 11.8. The van der Waals surface area contributed by atoms with E-state index < -0.39 is 16.9 Å². The molecule has 2 rings (SSSR count). The number of carbonyl (C=O) groups excluding carboxylic acids is 1. The van der Waals surface area contributed by atoms with Crippen LogP contribution in [-0.4, -0.2) is 29.0 Å². The molecule has 0 aliphatic carbocycles. The Morgan fingerprint density at radius 1 is 1.36 bits per heavy atom. The van der Waals surface area contributed by atoms with Gasteiger partial charge in [0.25, 0.3) is 5.91 Å². The second kappa shape index (κ2) is 8.00. The summed E-state index contributed by atoms with van der Waals surface area (Å²) in [4.78, 5) is 26.0. The van der Waals surface area contributed by atoms with Crippen LogP contribution in [0.4, 0.5) is 5.69 Å². The Hall–Kier alpha value is -2.58. The molecule has 0 saturated carbocycles. The van der Waals surface area contributed by atoms with Crippen LogP contribution in [-0.2, 0) is 4.79 Å². The fourth-order valence-electron chi connectivity index (χ4n) is 1.84. The SMILES string of the molecule is CNC(=O)C(C)Oc1cc(Oc2nccc(Cl)c2Cl)ccc1[N+](=O)[O-]. The first-order valence-electron chi connectivity index (χ1n) is 6.98. The van der Waals surface area contributed by atoms with E-state index in [4.69, 9.17) is 32.7 Å². The first-order valence-corrected chi connectivity index (χ1v) is 7.73. The van der Waals surface area contributed by atoms with Gasteiger partial charge in [0.05, 0.1) is 9.95 Å². The molecule has 132 valence electrons. The third-order valence-electron chi connectivity index (χ3n) is 3.07. The fourth-order valence-corrected chi connectivity index (χ4v) is 2.12. The lowest BCUT2D eigenvalue weighted by atomic mass is 10.2. The number of aromatic nitrogens is 1. The van der Waals surface area contributed by atoms with Crippen LogP contribution >= 0.6 is 23.2 Å². The van der Waals surface area contributed by atoms with Gasteiger partial charge in [0.15, 0.2) is 6.10 Å². The summed E-state index contributed by atoms with van der Waals surface area (Å²) < 4.78 is 10.9. The van der Waals surface area contributed by atoms with Crippen molar-refractivity contribution in [3.05, 3.63) is 50.6 Å². The van der Waals surface area contributed by atoms with Gasteiger partial charge in [-0.1, -0.05) is 23.2 Å². The summed E-state index contributed by atoms with van der Waals surface area (Å²) in [5, 5.41) is 13.9. The molecule has 1 amide bonds. The van der Waals surface area contributed by atoms with E-state index in [2.05, 4.69) is 10.3 Å². The molecule has 1 aromatic carbocycles. The van der Waals surface area contributed by atoms with Crippen LogP contribution in [0.25, 0.3) is 0 Å². The summed E-state index contributed by atoms with van der Waals surface area (Å²) in [5.41, 5.74) is -0.312. The molecule has 8 nitrogen and oxygen atoms in total. The van der Waals surface area contributed by atoms with Crippen molar-refractivity contribution < 1.29 is 19.2 Å². The van der Waals surface area contributed by atoms with E-state index in [1.165, 1.54) is 44.4 Å². The number of nitro groups is 1. The van der Waals surface area contributed by atoms with E-state index in [0.717, 1.165) is 0 Å². The molecule has 0 spiro atoms. The largest absolute Gasteiger partial charge is 0.474 e. The number of ether oxygens (including phenoxy) is 2. The highest BCUT2D eigenvalue weighted by Gasteiger charge is 2.22. The van der Waals surface area contributed by atoms with Gasteiger partial charge < -0.3 is 14.8 Å². The standard InChI is InChI=1S/C15H13Cl2N3O5/c1-8(14(21)18-2)24-12-7-9(3-4-11(12)20(22)23)25-15-13(17)10(16)5-6-19-15/h3-8H,1-2H3,(H,18,21). The molecule has 0 saturated heterocycles. The summed E-state index contributed by atoms with van der Waals surface area (Å²) in [6.07, 6.45) is 0.465. The number of halogens is 2. The van der Waals surface area contributed by atoms with Crippen molar-refractivity contribution in [3.8, 4) is 17.4 Å². The topological polar surface area (TPSA) is 104 Å². The highest BCUT2D eigenvalue weighted by molar-refractivity contribution is 6.42. The lowest BCUT2D eigenvalue weighted by Gasteiger charge is -2.14. The van der Waals surface area contributed by atoms with Crippen molar-refractivity contribution in [2.45, 2.75) is 13.0 Å². The fraction of sp³-hybridized carbons (Fsp3) is 0.200. The Morgan fingerprint density at radius 3 is 2.72 bits per heavy atom. The average molecular weight is 386 g/mol. The number of rotatable bonds is 6. The number of likely N-dealkylation sites (N-methyl/N-ethyl adjacent to an activating group) is 1. The number of benzene rings is 1. The lowest BCUT2D eigenvalue weighted by molar-refractivity contribution is -0.386. The molecule has 0 aliphatic heterocycles. The number of nitrogens with zero attached hydrogens (tertiary/aromatic N) is 2. The highest BCUT2D eigenvalue weighted by Crippen LogP contribution is 2.36. The van der Waals surface area contributed by atoms with Crippen molar-refractivity contribution in [2.75, 3.05) is 7.05 Å². The van der Waals surface area contributed by atoms with Gasteiger partial charge in [-0.25, -0.2) is 4.98 Å². The van der Waals surface area contributed by atoms with Crippen LogP contribution in [0.15, 0.2) is 30.5 Å². The maximum atomic E-state index is 11.6. The average Bonchev–Trinajstić information content (AvgIpc) is 2.58. The lowest BCUT2D eigenvalue weighted by Crippen LogP contribution is -2.33. The molecule has 0 aliphatic rings. The molecule has 0 fully saturated rings. The van der Waals surface area contributed by atoms with Gasteiger partial charge in [-0.2, -0.15) is 0 Å². The summed E-state index contributed by atoms with van der Waals surface area (Å²) in [5.74, 6) is -0.341. The second-order valence-corrected chi connectivity index (χ2v) is 5.56. The van der Waals surface area contributed by atoms with E-state index in [9.17, 15) is 14.9 Å². The minimum absolute atomic E-state index is 0.0355. The predicted molar refractivity (Wildman–Crippen MR) is 91.6 cm³/mol. The Morgan fingerprint density at radius 2 is 2.08 bits per heavy atom. The van der Waals surface area contributed by atoms with E-state index in [-0.39, 0.29) is 33.1 Å². The monoisotopic (exact) mass is 385 g/mol. The second-order valence-electron chi connectivity index (χ2n) is 4.77. The molecule has 0 radical (unpaired) electrons. The van der Waals surface area contributed by atoms with E-state index in [1.807, 2.05) is 0 Å². The molecular weight excluding hydrogens is 373 g/mol. The van der Waals surface area contributed by atoms with Gasteiger partial charge in [-0.3, -0.25) is 14.9 Å². The Bertz CT molecular complexity index is 816. The molecule has 25 heavy (non-hydrogen) atoms. The maximum Gasteiger partial charge on any atom is 0.311 e. The smallest absolute Gasteiger partial charge is 0.311 e. The summed E-state index contributed by atoms with van der Waals surface area (Å²) in [7, 11) is 1.43. The van der Waals surface area contributed by atoms with E-state index >= 15 is 0 Å². The number of nitrogens with one attached hydrogen (secondary N) is 1. The Kier molecular flexibility index (Phi) is 6.00. The first kappa shape index (κ1) is 18.8. The number of nitro benzene ring substituents is 1. The Labute approximate surface area is 152 Å². The number of hydrogen-bond donors (Lipinski definition) is 1. The number of carbonyl (C=O) groups is 1. The van der Waals surface area contributed by atoms with Crippen molar-refractivity contribution >= 4 is 34.8 Å².